The van der Waals surface area contributed by atoms with Crippen LogP contribution in [-0.2, 0) is 0 Å². The van der Waals surface area contributed by atoms with Crippen LogP contribution in [0.5, 0.6) is 11.5 Å². The van der Waals surface area contributed by atoms with Crippen LogP contribution in [0.25, 0.3) is 11.3 Å². The predicted molar refractivity (Wildman–Crippen MR) is 105 cm³/mol. The molecule has 0 aliphatic carbocycles. The van der Waals surface area contributed by atoms with E-state index in [4.69, 9.17) is 4.74 Å². The van der Waals surface area contributed by atoms with Crippen LogP contribution in [0.15, 0.2) is 42.5 Å². The molecule has 0 unspecified atom stereocenters. The van der Waals surface area contributed by atoms with Gasteiger partial charge in [0.05, 0.1) is 12.8 Å². The fraction of sp³-hybridized carbons (Fsp3) is 0.200. The Hall–Kier alpha value is -3.00. The Kier molecular flexibility index (Phi) is 5.89. The summed E-state index contributed by atoms with van der Waals surface area (Å²) >= 11 is 1.36. The summed E-state index contributed by atoms with van der Waals surface area (Å²) in [4.78, 5) is 18.0. The Morgan fingerprint density at radius 3 is 2.46 bits per heavy atom. The predicted octanol–water partition coefficient (Wildman–Crippen LogP) is 5.29. The van der Waals surface area contributed by atoms with Crippen LogP contribution in [0.4, 0.5) is 13.9 Å². The molecule has 0 fully saturated rings. The Morgan fingerprint density at radius 2 is 1.82 bits per heavy atom. The van der Waals surface area contributed by atoms with Crippen LogP contribution in [0.2, 0.25) is 0 Å². The number of halogens is 2. The number of hydrogen-bond acceptors (Lipinski definition) is 5. The molecule has 0 radical (unpaired) electrons. The number of rotatable bonds is 6. The van der Waals surface area contributed by atoms with E-state index in [1.165, 1.54) is 36.6 Å². The standard InChI is InChI=1S/C20H18F2N2O3S/c1-11-4-6-13(7-5-11)17-12(2)28-20(23-17)24-18(25)14-8-9-15(27-19(21)22)16(10-14)26-3/h4-10,19H,1-3H3,(H,23,24,25). The minimum atomic E-state index is -2.98. The molecule has 1 aromatic heterocycles. The largest absolute Gasteiger partial charge is 0.493 e. The summed E-state index contributed by atoms with van der Waals surface area (Å²) in [7, 11) is 1.31. The van der Waals surface area contributed by atoms with Gasteiger partial charge in [-0.25, -0.2) is 4.98 Å². The van der Waals surface area contributed by atoms with E-state index in [0.717, 1.165) is 21.7 Å². The molecule has 146 valence electrons. The third-order valence-electron chi connectivity index (χ3n) is 3.98. The first-order valence-electron chi connectivity index (χ1n) is 8.36. The van der Waals surface area contributed by atoms with E-state index in [0.29, 0.717) is 5.13 Å². The maximum absolute atomic E-state index is 12.5. The summed E-state index contributed by atoms with van der Waals surface area (Å²) in [5, 5.41) is 3.19. The van der Waals surface area contributed by atoms with Crippen molar-refractivity contribution in [2.45, 2.75) is 20.5 Å². The van der Waals surface area contributed by atoms with E-state index in [9.17, 15) is 13.6 Å². The normalized spacial score (nSPS) is 10.8. The molecule has 0 aliphatic heterocycles. The first kappa shape index (κ1) is 19.8. The lowest BCUT2D eigenvalue weighted by molar-refractivity contribution is -0.0512. The molecule has 0 aliphatic rings. The molecular weight excluding hydrogens is 386 g/mol. The number of benzene rings is 2. The van der Waals surface area contributed by atoms with Gasteiger partial charge in [-0.05, 0) is 32.0 Å². The van der Waals surface area contributed by atoms with Crippen molar-refractivity contribution < 1.29 is 23.0 Å². The van der Waals surface area contributed by atoms with Crippen molar-refractivity contribution in [2.75, 3.05) is 12.4 Å². The SMILES string of the molecule is COc1cc(C(=O)Nc2nc(-c3ccc(C)cc3)c(C)s2)ccc1OC(F)F. The van der Waals surface area contributed by atoms with Crippen LogP contribution in [-0.4, -0.2) is 24.6 Å². The summed E-state index contributed by atoms with van der Waals surface area (Å²) in [6.45, 7) is 0.962. The zero-order chi connectivity index (χ0) is 20.3. The number of thiazole rings is 1. The lowest BCUT2D eigenvalue weighted by atomic mass is 10.1. The number of hydrogen-bond donors (Lipinski definition) is 1. The van der Waals surface area contributed by atoms with E-state index < -0.39 is 12.5 Å². The summed E-state index contributed by atoms with van der Waals surface area (Å²) in [5.74, 6) is -0.518. The van der Waals surface area contributed by atoms with E-state index >= 15 is 0 Å². The van der Waals surface area contributed by atoms with Gasteiger partial charge < -0.3 is 9.47 Å². The summed E-state index contributed by atoms with van der Waals surface area (Å²) in [6, 6.07) is 12.0. The average molecular weight is 404 g/mol. The highest BCUT2D eigenvalue weighted by atomic mass is 32.1. The van der Waals surface area contributed by atoms with Crippen LogP contribution < -0.4 is 14.8 Å². The number of aromatic nitrogens is 1. The molecule has 3 rings (SSSR count). The zero-order valence-electron chi connectivity index (χ0n) is 15.5. The van der Waals surface area contributed by atoms with Gasteiger partial charge in [-0.1, -0.05) is 29.8 Å². The lowest BCUT2D eigenvalue weighted by Crippen LogP contribution is -2.12. The number of nitrogens with one attached hydrogen (secondary N) is 1. The molecule has 1 N–H and O–H groups in total. The molecule has 0 saturated carbocycles. The molecule has 3 aromatic rings. The number of nitrogens with zero attached hydrogens (tertiary/aromatic N) is 1. The first-order chi connectivity index (χ1) is 13.4. The number of methoxy groups -OCH3 is 1. The maximum Gasteiger partial charge on any atom is 0.387 e. The Balaban J connectivity index is 1.80. The minimum Gasteiger partial charge on any atom is -0.493 e. The van der Waals surface area contributed by atoms with E-state index in [1.807, 2.05) is 38.1 Å². The van der Waals surface area contributed by atoms with Crippen LogP contribution in [0.3, 0.4) is 0 Å². The second-order valence-electron chi connectivity index (χ2n) is 5.99. The van der Waals surface area contributed by atoms with E-state index in [2.05, 4.69) is 15.0 Å². The summed E-state index contributed by atoms with van der Waals surface area (Å²) in [5.41, 5.74) is 3.16. The third-order valence-corrected chi connectivity index (χ3v) is 4.87. The molecule has 8 heteroatoms. The average Bonchev–Trinajstić information content (AvgIpc) is 3.02. The van der Waals surface area contributed by atoms with Gasteiger partial charge in [0.2, 0.25) is 0 Å². The van der Waals surface area contributed by atoms with Gasteiger partial charge in [0.25, 0.3) is 5.91 Å². The Labute approximate surface area is 164 Å². The Morgan fingerprint density at radius 1 is 1.11 bits per heavy atom. The molecule has 1 amide bonds. The maximum atomic E-state index is 12.5. The van der Waals surface area contributed by atoms with Gasteiger partial charge in [0, 0.05) is 16.0 Å². The molecule has 28 heavy (non-hydrogen) atoms. The topological polar surface area (TPSA) is 60.5 Å². The third kappa shape index (κ3) is 4.45. The van der Waals surface area contributed by atoms with Crippen molar-refractivity contribution in [1.29, 1.82) is 0 Å². The number of anilines is 1. The van der Waals surface area contributed by atoms with Crippen LogP contribution in [0, 0.1) is 13.8 Å². The minimum absolute atomic E-state index is 0.0450. The van der Waals surface area contributed by atoms with Gasteiger partial charge in [-0.3, -0.25) is 10.1 Å². The highest BCUT2D eigenvalue weighted by Gasteiger charge is 2.16. The zero-order valence-corrected chi connectivity index (χ0v) is 16.3. The molecule has 0 bridgehead atoms. The number of amides is 1. The highest BCUT2D eigenvalue weighted by molar-refractivity contribution is 7.16. The number of carbonyl (C=O) groups is 1. The lowest BCUT2D eigenvalue weighted by Gasteiger charge is -2.11. The smallest absolute Gasteiger partial charge is 0.387 e. The molecule has 2 aromatic carbocycles. The number of alkyl halides is 2. The molecule has 5 nitrogen and oxygen atoms in total. The molecule has 1 heterocycles. The summed E-state index contributed by atoms with van der Waals surface area (Å²) in [6.07, 6.45) is 0. The van der Waals surface area contributed by atoms with Crippen molar-refractivity contribution in [3.8, 4) is 22.8 Å². The van der Waals surface area contributed by atoms with Crippen molar-refractivity contribution in [1.82, 2.24) is 4.98 Å². The van der Waals surface area contributed by atoms with Gasteiger partial charge in [-0.15, -0.1) is 11.3 Å². The van der Waals surface area contributed by atoms with E-state index in [1.54, 1.807) is 0 Å². The van der Waals surface area contributed by atoms with E-state index in [-0.39, 0.29) is 17.1 Å². The van der Waals surface area contributed by atoms with Crippen molar-refractivity contribution in [3.63, 3.8) is 0 Å². The fourth-order valence-electron chi connectivity index (χ4n) is 2.60. The highest BCUT2D eigenvalue weighted by Crippen LogP contribution is 2.32. The number of aryl methyl sites for hydroxylation is 2. The van der Waals surface area contributed by atoms with Crippen molar-refractivity contribution in [3.05, 3.63) is 58.5 Å². The van der Waals surface area contributed by atoms with Crippen LogP contribution in [0.1, 0.15) is 20.8 Å². The van der Waals surface area contributed by atoms with Crippen LogP contribution >= 0.6 is 11.3 Å². The molecular formula is C20H18F2N2O3S. The Bertz CT molecular complexity index is 988. The van der Waals surface area contributed by atoms with Gasteiger partial charge in [-0.2, -0.15) is 8.78 Å². The molecule has 0 spiro atoms. The van der Waals surface area contributed by atoms with Gasteiger partial charge >= 0.3 is 6.61 Å². The second kappa shape index (κ2) is 8.35. The van der Waals surface area contributed by atoms with Crippen molar-refractivity contribution in [2.24, 2.45) is 0 Å². The van der Waals surface area contributed by atoms with Gasteiger partial charge in [0.1, 0.15) is 0 Å². The van der Waals surface area contributed by atoms with Gasteiger partial charge in [0.15, 0.2) is 16.6 Å². The quantitative estimate of drug-likeness (QED) is 0.607. The summed E-state index contributed by atoms with van der Waals surface area (Å²) < 4.78 is 34.2. The molecule has 0 atom stereocenters. The number of carbonyl (C=O) groups excluding carboxylic acids is 1. The number of ether oxygens (including phenoxy) is 2. The fourth-order valence-corrected chi connectivity index (χ4v) is 3.43. The van der Waals surface area contributed by atoms with Crippen molar-refractivity contribution >= 4 is 22.4 Å². The monoisotopic (exact) mass is 404 g/mol. The second-order valence-corrected chi connectivity index (χ2v) is 7.19. The first-order valence-corrected chi connectivity index (χ1v) is 9.17. The molecule has 0 saturated heterocycles.